The molecule has 1 rings (SSSR count). The molecule has 1 aromatic rings. The summed E-state index contributed by atoms with van der Waals surface area (Å²) in [6.45, 7) is 4.14. The zero-order valence-electron chi connectivity index (χ0n) is 9.71. The van der Waals surface area contributed by atoms with Crippen LogP contribution in [0, 0.1) is 0 Å². The Morgan fingerprint density at radius 1 is 1.53 bits per heavy atom. The van der Waals surface area contributed by atoms with Crippen LogP contribution in [0.4, 0.5) is 5.82 Å². The Balaban J connectivity index is 3.40. The second-order valence-corrected chi connectivity index (χ2v) is 6.15. The van der Waals surface area contributed by atoms with Crippen LogP contribution >= 0.6 is 0 Å². The molecule has 0 amide bonds. The molecule has 17 heavy (non-hydrogen) atoms. The van der Waals surface area contributed by atoms with Crippen LogP contribution in [0.2, 0.25) is 0 Å². The number of nitrogen functional groups attached to an aromatic ring is 1. The Bertz CT molecular complexity index is 546. The molecule has 0 unspecified atom stereocenters. The lowest BCUT2D eigenvalue weighted by atomic mass is 10.1. The number of hydrogen-bond acceptors (Lipinski definition) is 6. The van der Waals surface area contributed by atoms with E-state index in [9.17, 15) is 13.2 Å². The molecule has 0 radical (unpaired) electrons. The van der Waals surface area contributed by atoms with E-state index in [0.717, 1.165) is 4.68 Å². The molecule has 0 aromatic carbocycles. The zero-order valence-corrected chi connectivity index (χ0v) is 10.5. The maximum atomic E-state index is 11.6. The number of aliphatic carboxylic acids is 1. The minimum atomic E-state index is -3.61. The molecule has 96 valence electrons. The van der Waals surface area contributed by atoms with Crippen LogP contribution in [0.15, 0.2) is 5.03 Å². The molecule has 0 saturated heterocycles. The van der Waals surface area contributed by atoms with Crippen LogP contribution in [0.1, 0.15) is 20.8 Å². The van der Waals surface area contributed by atoms with Crippen molar-refractivity contribution in [3.8, 4) is 0 Å². The highest BCUT2D eigenvalue weighted by atomic mass is 32.2. The highest BCUT2D eigenvalue weighted by Gasteiger charge is 2.35. The fourth-order valence-electron chi connectivity index (χ4n) is 1.14. The number of carbonyl (C=O) groups is 1. The lowest BCUT2D eigenvalue weighted by Gasteiger charge is -2.19. The average Bonchev–Trinajstić information content (AvgIpc) is 2.61. The number of anilines is 1. The second-order valence-electron chi connectivity index (χ2n) is 3.96. The van der Waals surface area contributed by atoms with Gasteiger partial charge in [0.15, 0.2) is 11.4 Å². The Hall–Kier alpha value is -1.64. The van der Waals surface area contributed by atoms with Gasteiger partial charge in [-0.2, -0.15) is 0 Å². The van der Waals surface area contributed by atoms with E-state index in [4.69, 9.17) is 10.8 Å². The molecule has 0 aliphatic heterocycles. The van der Waals surface area contributed by atoms with E-state index in [0.29, 0.717) is 0 Å². The van der Waals surface area contributed by atoms with Crippen LogP contribution in [-0.2, 0) is 20.2 Å². The summed E-state index contributed by atoms with van der Waals surface area (Å²) in [5.74, 6) is -1.63. The number of rotatable bonds is 4. The van der Waals surface area contributed by atoms with Crippen molar-refractivity contribution in [2.45, 2.75) is 31.3 Å². The van der Waals surface area contributed by atoms with Gasteiger partial charge in [-0.3, -0.25) is 0 Å². The minimum absolute atomic E-state index is 0.177. The predicted molar refractivity (Wildman–Crippen MR) is 59.1 cm³/mol. The molecule has 9 heteroatoms. The van der Waals surface area contributed by atoms with Crippen molar-refractivity contribution in [1.29, 1.82) is 0 Å². The smallest absolute Gasteiger partial charge is 0.331 e. The average molecular weight is 262 g/mol. The van der Waals surface area contributed by atoms with Crippen LogP contribution in [0.5, 0.6) is 0 Å². The number of carboxylic acids is 1. The summed E-state index contributed by atoms with van der Waals surface area (Å²) in [7, 11) is -3.61. The van der Waals surface area contributed by atoms with Gasteiger partial charge in [-0.1, -0.05) is 12.1 Å². The van der Waals surface area contributed by atoms with E-state index in [1.165, 1.54) is 20.8 Å². The van der Waals surface area contributed by atoms with Gasteiger partial charge in [-0.15, -0.1) is 5.10 Å². The summed E-state index contributed by atoms with van der Waals surface area (Å²) >= 11 is 0. The molecule has 8 nitrogen and oxygen atoms in total. The van der Waals surface area contributed by atoms with Gasteiger partial charge in [-0.05, 0) is 13.8 Å². The van der Waals surface area contributed by atoms with Gasteiger partial charge in [0.1, 0.15) is 0 Å². The van der Waals surface area contributed by atoms with Crippen molar-refractivity contribution < 1.29 is 18.3 Å². The standard InChI is InChI=1S/C8H14N4O4S/c1-4-17(15,16)6-5(9)12(11-10-6)8(2,3)7(13)14/h4,9H2,1-3H3,(H,13,14). The number of nitrogens with two attached hydrogens (primary N) is 1. The Morgan fingerprint density at radius 2 is 2.06 bits per heavy atom. The molecule has 1 heterocycles. The van der Waals surface area contributed by atoms with E-state index >= 15 is 0 Å². The van der Waals surface area contributed by atoms with Crippen molar-refractivity contribution in [2.24, 2.45) is 0 Å². The van der Waals surface area contributed by atoms with Crippen LogP contribution in [0.25, 0.3) is 0 Å². The third-order valence-electron chi connectivity index (χ3n) is 2.40. The molecule has 0 atom stereocenters. The van der Waals surface area contributed by atoms with Gasteiger partial charge < -0.3 is 10.8 Å². The van der Waals surface area contributed by atoms with Crippen molar-refractivity contribution >= 4 is 21.6 Å². The first-order chi connectivity index (χ1) is 7.64. The van der Waals surface area contributed by atoms with E-state index in [1.807, 2.05) is 0 Å². The number of sulfone groups is 1. The quantitative estimate of drug-likeness (QED) is 0.746. The predicted octanol–water partition coefficient (Wildman–Crippen LogP) is -0.526. The highest BCUT2D eigenvalue weighted by molar-refractivity contribution is 7.91. The van der Waals surface area contributed by atoms with E-state index in [-0.39, 0.29) is 16.6 Å². The lowest BCUT2D eigenvalue weighted by Crippen LogP contribution is -2.37. The summed E-state index contributed by atoms with van der Waals surface area (Å²) in [5, 5.41) is 15.6. The number of carboxylic acid groups (broad SMARTS) is 1. The normalized spacial score (nSPS) is 12.6. The second kappa shape index (κ2) is 3.99. The summed E-state index contributed by atoms with van der Waals surface area (Å²) in [5.41, 5.74) is 4.12. The highest BCUT2D eigenvalue weighted by Crippen LogP contribution is 2.23. The largest absolute Gasteiger partial charge is 0.479 e. The van der Waals surface area contributed by atoms with Gasteiger partial charge in [0.2, 0.25) is 14.9 Å². The molecular weight excluding hydrogens is 248 g/mol. The summed E-state index contributed by atoms with van der Waals surface area (Å²) in [6, 6.07) is 0. The summed E-state index contributed by atoms with van der Waals surface area (Å²) in [4.78, 5) is 11.0. The third-order valence-corrected chi connectivity index (χ3v) is 4.04. The topological polar surface area (TPSA) is 128 Å². The Labute approximate surface area is 98.3 Å². The Morgan fingerprint density at radius 3 is 2.47 bits per heavy atom. The fourth-order valence-corrected chi connectivity index (χ4v) is 1.98. The first kappa shape index (κ1) is 13.4. The van der Waals surface area contributed by atoms with Gasteiger partial charge in [-0.25, -0.2) is 17.9 Å². The van der Waals surface area contributed by atoms with Crippen LogP contribution in [0.3, 0.4) is 0 Å². The summed E-state index contributed by atoms with van der Waals surface area (Å²) in [6.07, 6.45) is 0. The maximum absolute atomic E-state index is 11.6. The molecule has 0 bridgehead atoms. The van der Waals surface area contributed by atoms with Gasteiger partial charge in [0.05, 0.1) is 5.75 Å². The first-order valence-electron chi connectivity index (χ1n) is 4.82. The van der Waals surface area contributed by atoms with Gasteiger partial charge >= 0.3 is 5.97 Å². The van der Waals surface area contributed by atoms with Crippen molar-refractivity contribution in [3.05, 3.63) is 0 Å². The molecule has 0 aliphatic rings. The molecule has 0 saturated carbocycles. The van der Waals surface area contributed by atoms with Gasteiger partial charge in [0.25, 0.3) is 0 Å². The van der Waals surface area contributed by atoms with Gasteiger partial charge in [0, 0.05) is 0 Å². The van der Waals surface area contributed by atoms with Crippen molar-refractivity contribution in [3.63, 3.8) is 0 Å². The molecule has 0 spiro atoms. The minimum Gasteiger partial charge on any atom is -0.479 e. The van der Waals surface area contributed by atoms with E-state index in [1.54, 1.807) is 0 Å². The van der Waals surface area contributed by atoms with Crippen molar-refractivity contribution in [1.82, 2.24) is 15.0 Å². The van der Waals surface area contributed by atoms with E-state index in [2.05, 4.69) is 10.3 Å². The van der Waals surface area contributed by atoms with Crippen LogP contribution < -0.4 is 5.73 Å². The number of nitrogens with zero attached hydrogens (tertiary/aromatic N) is 3. The summed E-state index contributed by atoms with van der Waals surface area (Å²) < 4.78 is 24.1. The molecular formula is C8H14N4O4S. The molecule has 0 aliphatic carbocycles. The lowest BCUT2D eigenvalue weighted by molar-refractivity contribution is -0.146. The van der Waals surface area contributed by atoms with E-state index < -0.39 is 21.3 Å². The maximum Gasteiger partial charge on any atom is 0.331 e. The Kier molecular flexibility index (Phi) is 3.15. The first-order valence-corrected chi connectivity index (χ1v) is 6.47. The fraction of sp³-hybridized carbons (Fsp3) is 0.625. The third kappa shape index (κ3) is 2.09. The van der Waals surface area contributed by atoms with Crippen molar-refractivity contribution in [2.75, 3.05) is 11.5 Å². The SMILES string of the molecule is CCS(=O)(=O)c1nnn(C(C)(C)C(=O)O)c1N. The molecule has 1 aromatic heterocycles. The number of aromatic nitrogens is 3. The van der Waals surface area contributed by atoms with Crippen LogP contribution in [-0.4, -0.2) is 40.2 Å². The molecule has 0 fully saturated rings. The molecule has 3 N–H and O–H groups in total. The monoisotopic (exact) mass is 262 g/mol. The zero-order chi connectivity index (χ0) is 13.4. The number of hydrogen-bond donors (Lipinski definition) is 2.